The molecule has 1 heterocycles. The number of H-pyrrole nitrogens is 1. The first-order chi connectivity index (χ1) is 52.0. The molecule has 12 amide bonds. The van der Waals surface area contributed by atoms with Gasteiger partial charge >= 0.3 is 5.97 Å². The molecule has 0 saturated carbocycles. The predicted octanol–water partition coefficient (Wildman–Crippen LogP) is -1.91. The van der Waals surface area contributed by atoms with Crippen molar-refractivity contribution in [3.05, 3.63) is 83.9 Å². The molecule has 0 aliphatic heterocycles. The number of amides is 12. The number of hydrogen-bond acceptors (Lipinski definition) is 19. The molecule has 0 aliphatic rings. The van der Waals surface area contributed by atoms with Crippen molar-refractivity contribution in [1.82, 2.24) is 73.8 Å². The Balaban J connectivity index is 1.75. The van der Waals surface area contributed by atoms with Crippen LogP contribution in [0.3, 0.4) is 0 Å². The summed E-state index contributed by atoms with van der Waals surface area (Å²) in [5, 5.41) is 50.4. The fraction of sp³-hybridized carbons (Fsp3) is 0.583. The van der Waals surface area contributed by atoms with E-state index >= 15 is 0 Å². The molecule has 36 nitrogen and oxygen atoms in total. The summed E-state index contributed by atoms with van der Waals surface area (Å²) in [4.78, 5) is 192. The Morgan fingerprint density at radius 3 is 1.39 bits per heavy atom. The average Bonchev–Trinajstić information content (AvgIpc) is 1.66. The number of guanidine groups is 2. The van der Waals surface area contributed by atoms with Gasteiger partial charge in [0.25, 0.3) is 0 Å². The summed E-state index contributed by atoms with van der Waals surface area (Å²) < 4.78 is 0. The SMILES string of the molecule is CC(C)C[C@H](NC(=O)CCCCCCCCCCCS)C(=O)NCC(=O)N[C@@H](Cc1ccc(O)cc1)C(=O)N[C@@H](CCCCN)C(=O)N[C@@H](C)C(=O)N[C@@H](Cc1cnc[nH]1)C(=O)N[C@@H](Cc1ccccc1)C(=O)N[C@@H](C)C(=O)NCC(=O)N[C@@H](CCCN=C(N)N)C(=O)NCC(=O)N[C@@H](CCCN=C(N)N)C(=O)O. The number of hydrogen-bond donors (Lipinski definition) is 21. The zero-order valence-electron chi connectivity index (χ0n) is 62.8. The van der Waals surface area contributed by atoms with E-state index in [1.807, 2.05) is 13.8 Å². The monoisotopic (exact) mass is 1550 g/mol. The summed E-state index contributed by atoms with van der Waals surface area (Å²) in [6, 6.07) is 2.31. The molecule has 3 rings (SSSR count). The van der Waals surface area contributed by atoms with E-state index in [-0.39, 0.29) is 113 Å². The van der Waals surface area contributed by atoms with Crippen LogP contribution in [0.25, 0.3) is 0 Å². The number of imidazole rings is 1. The van der Waals surface area contributed by atoms with Crippen molar-refractivity contribution in [2.24, 2.45) is 44.6 Å². The Kier molecular flexibility index (Phi) is 44.6. The lowest BCUT2D eigenvalue weighted by molar-refractivity contribution is -0.142. The van der Waals surface area contributed by atoms with Crippen molar-refractivity contribution in [3.63, 3.8) is 0 Å². The molecule has 0 radical (unpaired) electrons. The number of carbonyl (C=O) groups is 13. The number of carbonyl (C=O) groups excluding carboxylic acids is 12. The highest BCUT2D eigenvalue weighted by molar-refractivity contribution is 7.80. The van der Waals surface area contributed by atoms with Gasteiger partial charge in [-0.2, -0.15) is 12.6 Å². The molecule has 2 aromatic carbocycles. The molecule has 0 saturated heterocycles. The smallest absolute Gasteiger partial charge is 0.326 e. The molecule has 3 aromatic rings. The van der Waals surface area contributed by atoms with Crippen LogP contribution in [-0.2, 0) is 81.6 Å². The number of carboxylic acids is 1. The van der Waals surface area contributed by atoms with Gasteiger partial charge in [-0.3, -0.25) is 67.5 Å². The van der Waals surface area contributed by atoms with Crippen molar-refractivity contribution >= 4 is 101 Å². The molecule has 9 atom stereocenters. The maximum atomic E-state index is 14.6. The molecule has 1 aromatic heterocycles. The number of nitrogens with one attached hydrogen (secondary N) is 13. The minimum Gasteiger partial charge on any atom is -0.508 e. The molecule has 604 valence electrons. The topological polar surface area (TPSA) is 590 Å². The molecule has 0 bridgehead atoms. The van der Waals surface area contributed by atoms with Gasteiger partial charge in [0.15, 0.2) is 11.9 Å². The minimum atomic E-state index is -1.47. The molecular formula is C72H115N21O15S. The summed E-state index contributed by atoms with van der Waals surface area (Å²) in [7, 11) is 0. The fourth-order valence-electron chi connectivity index (χ4n) is 11.1. The highest BCUT2D eigenvalue weighted by Crippen LogP contribution is 2.16. The van der Waals surface area contributed by atoms with E-state index in [0.717, 1.165) is 37.9 Å². The van der Waals surface area contributed by atoms with Crippen LogP contribution in [0.1, 0.15) is 160 Å². The average molecular weight is 1550 g/mol. The van der Waals surface area contributed by atoms with Crippen LogP contribution in [0.5, 0.6) is 5.75 Å². The maximum Gasteiger partial charge on any atom is 0.326 e. The minimum absolute atomic E-state index is 0.00516. The fourth-order valence-corrected chi connectivity index (χ4v) is 11.3. The Morgan fingerprint density at radius 1 is 0.450 bits per heavy atom. The Bertz CT molecular complexity index is 3420. The third kappa shape index (κ3) is 40.3. The van der Waals surface area contributed by atoms with Crippen molar-refractivity contribution in [1.29, 1.82) is 0 Å². The number of thiol groups is 1. The Labute approximate surface area is 641 Å². The number of aromatic amines is 1. The van der Waals surface area contributed by atoms with Crippen LogP contribution >= 0.6 is 12.6 Å². The maximum absolute atomic E-state index is 14.6. The predicted molar refractivity (Wildman–Crippen MR) is 412 cm³/mol. The van der Waals surface area contributed by atoms with Gasteiger partial charge in [0.1, 0.15) is 60.1 Å². The number of aromatic hydroxyl groups is 1. The van der Waals surface area contributed by atoms with Crippen LogP contribution in [-0.4, -0.2) is 208 Å². The first kappa shape index (κ1) is 92.6. The highest BCUT2D eigenvalue weighted by Gasteiger charge is 2.34. The number of phenols is 1. The lowest BCUT2D eigenvalue weighted by atomic mass is 10.0. The summed E-state index contributed by atoms with van der Waals surface area (Å²) >= 11 is 4.26. The molecule has 0 aliphatic carbocycles. The zero-order chi connectivity index (χ0) is 80.6. The third-order valence-corrected chi connectivity index (χ3v) is 17.3. The second-order valence-corrected chi connectivity index (χ2v) is 27.4. The van der Waals surface area contributed by atoms with Crippen LogP contribution in [0.4, 0.5) is 0 Å². The molecule has 25 N–H and O–H groups in total. The van der Waals surface area contributed by atoms with Crippen LogP contribution in [0, 0.1) is 5.92 Å². The first-order valence-corrected chi connectivity index (χ1v) is 37.6. The number of benzene rings is 2. The number of unbranched alkanes of at least 4 members (excludes halogenated alkanes) is 9. The van der Waals surface area contributed by atoms with Crippen LogP contribution in [0.2, 0.25) is 0 Å². The van der Waals surface area contributed by atoms with Gasteiger partial charge in [0, 0.05) is 50.7 Å². The summed E-state index contributed by atoms with van der Waals surface area (Å²) in [6.45, 7) is 4.78. The van der Waals surface area contributed by atoms with Gasteiger partial charge in [-0.05, 0) is 120 Å². The Morgan fingerprint density at radius 2 is 0.872 bits per heavy atom. The lowest BCUT2D eigenvalue weighted by Crippen LogP contribution is -2.60. The lowest BCUT2D eigenvalue weighted by Gasteiger charge is -2.26. The number of rotatable bonds is 55. The second kappa shape index (κ2) is 52.4. The molecular weight excluding hydrogens is 1430 g/mol. The molecule has 109 heavy (non-hydrogen) atoms. The molecule has 0 fully saturated rings. The van der Waals surface area contributed by atoms with Crippen LogP contribution < -0.4 is 92.5 Å². The van der Waals surface area contributed by atoms with Crippen molar-refractivity contribution < 1.29 is 72.5 Å². The number of aromatic nitrogens is 2. The van der Waals surface area contributed by atoms with Crippen molar-refractivity contribution in [3.8, 4) is 5.75 Å². The van der Waals surface area contributed by atoms with E-state index < -0.39 is 145 Å². The third-order valence-electron chi connectivity index (χ3n) is 17.0. The van der Waals surface area contributed by atoms with E-state index in [0.29, 0.717) is 36.1 Å². The number of nitrogens with two attached hydrogens (primary N) is 5. The second-order valence-electron chi connectivity index (χ2n) is 26.9. The van der Waals surface area contributed by atoms with E-state index in [4.69, 9.17) is 28.7 Å². The van der Waals surface area contributed by atoms with Gasteiger partial charge in [-0.1, -0.05) is 101 Å². The largest absolute Gasteiger partial charge is 0.508 e. The van der Waals surface area contributed by atoms with E-state index in [9.17, 15) is 72.5 Å². The van der Waals surface area contributed by atoms with E-state index in [1.54, 1.807) is 30.3 Å². The standard InChI is InChI=1S/C72H115N21O15S/c1-44(2)35-54(89-58(95)26-15-10-8-6-5-7-9-11-18-34-109)65(102)83-42-61(98)90-55(37-48-27-29-50(94)30-28-48)68(105)91-52(23-16-17-31-73)66(103)86-46(4)63(100)92-57(38-49-39-78-43-84-49)69(106)93-56(36-47-21-13-12-14-22-47)67(104)85-45(3)62(99)81-40-59(96)87-51(24-19-32-79-71(74)75)64(101)82-41-60(97)88-53(70(107)108)25-20-33-80-72(76)77/h12-14,21-22,27-30,39,43-46,51-57,94,109H,5-11,15-20,23-26,31-38,40-42,73H2,1-4H3,(H,78,84)(H,81,99)(H,82,101)(H,83,102)(H,85,104)(H,86,103)(H,87,96)(H,88,97)(H,89,95)(H,90,98)(H,91,105)(H,92,100)(H,93,106)(H,107,108)(H4,74,75,79)(H4,76,77,80)/t45-,46-,51-,52-,53-,54-,55-,56-,57-/m0/s1. The number of nitrogens with zero attached hydrogens (tertiary/aromatic N) is 3. The summed E-state index contributed by atoms with van der Waals surface area (Å²) in [6.07, 6.45) is 13.1. The van der Waals surface area contributed by atoms with Crippen LogP contribution in [0.15, 0.2) is 77.1 Å². The number of carboxylic acid groups (broad SMARTS) is 1. The molecule has 37 heteroatoms. The highest BCUT2D eigenvalue weighted by atomic mass is 32.1. The quantitative estimate of drug-likeness (QED) is 0.0127. The van der Waals surface area contributed by atoms with Gasteiger partial charge in [0.2, 0.25) is 70.9 Å². The zero-order valence-corrected chi connectivity index (χ0v) is 63.7. The van der Waals surface area contributed by atoms with Gasteiger partial charge < -0.3 is 108 Å². The Hall–Kier alpha value is -10.6. The van der Waals surface area contributed by atoms with Crippen molar-refractivity contribution in [2.75, 3.05) is 45.0 Å². The van der Waals surface area contributed by atoms with E-state index in [2.05, 4.69) is 96.4 Å². The first-order valence-electron chi connectivity index (χ1n) is 36.9. The number of aliphatic carboxylic acids is 1. The van der Waals surface area contributed by atoms with Gasteiger partial charge in [0.05, 0.1) is 26.0 Å². The van der Waals surface area contributed by atoms with E-state index in [1.165, 1.54) is 69.9 Å². The normalized spacial score (nSPS) is 13.4. The van der Waals surface area contributed by atoms with Gasteiger partial charge in [-0.25, -0.2) is 9.78 Å². The number of phenolic OH excluding ortho intramolecular Hbond substituents is 1. The van der Waals surface area contributed by atoms with Crippen molar-refractivity contribution in [2.45, 2.75) is 217 Å². The molecule has 0 unspecified atom stereocenters. The molecule has 0 spiro atoms. The van der Waals surface area contributed by atoms with Gasteiger partial charge in [-0.15, -0.1) is 0 Å². The summed E-state index contributed by atoms with van der Waals surface area (Å²) in [5.74, 6) is -10.4. The summed E-state index contributed by atoms with van der Waals surface area (Å²) in [5.41, 5.74) is 28.7. The number of aliphatic imine (C=N–C) groups is 2.